The van der Waals surface area contributed by atoms with Gasteiger partial charge in [0.05, 0.1) is 35.0 Å². The topological polar surface area (TPSA) is 93.4 Å². The Morgan fingerprint density at radius 3 is 2.28 bits per heavy atom. The number of benzene rings is 2. The molecule has 3 aromatic rings. The second kappa shape index (κ2) is 9.91. The average molecular weight is 440 g/mol. The SMILES string of the molecule is CCOC(=O)/C=C/c1cc(OC)c2oc(-c3ccc(OC)c(OC)c3)c(C(=O)OC)c2c1. The third-order valence-corrected chi connectivity index (χ3v) is 4.73. The van der Waals surface area contributed by atoms with E-state index in [1.54, 1.807) is 43.3 Å². The van der Waals surface area contributed by atoms with Crippen LogP contribution in [0.25, 0.3) is 28.4 Å². The number of fused-ring (bicyclic) bond motifs is 1. The quantitative estimate of drug-likeness (QED) is 0.374. The molecule has 0 spiro atoms. The van der Waals surface area contributed by atoms with Gasteiger partial charge in [0.2, 0.25) is 0 Å². The van der Waals surface area contributed by atoms with Crippen LogP contribution in [0.4, 0.5) is 0 Å². The van der Waals surface area contributed by atoms with Crippen LogP contribution in [0.15, 0.2) is 40.8 Å². The summed E-state index contributed by atoms with van der Waals surface area (Å²) in [5, 5.41) is 0.476. The van der Waals surface area contributed by atoms with Gasteiger partial charge in [-0.2, -0.15) is 0 Å². The molecule has 0 radical (unpaired) electrons. The number of ether oxygens (including phenoxy) is 5. The highest BCUT2D eigenvalue weighted by molar-refractivity contribution is 6.10. The summed E-state index contributed by atoms with van der Waals surface area (Å²) in [4.78, 5) is 24.5. The molecule has 8 nitrogen and oxygen atoms in total. The molecular formula is C24H24O8. The van der Waals surface area contributed by atoms with Crippen molar-refractivity contribution in [2.75, 3.05) is 35.0 Å². The van der Waals surface area contributed by atoms with E-state index in [9.17, 15) is 9.59 Å². The lowest BCUT2D eigenvalue weighted by atomic mass is 10.0. The highest BCUT2D eigenvalue weighted by Gasteiger charge is 2.26. The molecule has 1 heterocycles. The first-order chi connectivity index (χ1) is 15.5. The molecular weight excluding hydrogens is 416 g/mol. The summed E-state index contributed by atoms with van der Waals surface area (Å²) in [5.74, 6) is 0.642. The summed E-state index contributed by atoms with van der Waals surface area (Å²) in [7, 11) is 5.84. The predicted octanol–water partition coefficient (Wildman–Crippen LogP) is 4.49. The number of carbonyl (C=O) groups is 2. The zero-order valence-corrected chi connectivity index (χ0v) is 18.5. The van der Waals surface area contributed by atoms with Gasteiger partial charge in [0.15, 0.2) is 22.8 Å². The van der Waals surface area contributed by atoms with Crippen LogP contribution in [-0.4, -0.2) is 47.0 Å². The lowest BCUT2D eigenvalue weighted by Crippen LogP contribution is -2.02. The Morgan fingerprint density at radius 2 is 1.66 bits per heavy atom. The zero-order valence-electron chi connectivity index (χ0n) is 18.5. The fourth-order valence-electron chi connectivity index (χ4n) is 3.28. The molecule has 3 rings (SSSR count). The van der Waals surface area contributed by atoms with Crippen LogP contribution in [-0.2, 0) is 14.3 Å². The Bertz CT molecular complexity index is 1170. The van der Waals surface area contributed by atoms with Crippen molar-refractivity contribution in [1.29, 1.82) is 0 Å². The van der Waals surface area contributed by atoms with E-state index in [0.29, 0.717) is 39.3 Å². The Morgan fingerprint density at radius 1 is 0.938 bits per heavy atom. The van der Waals surface area contributed by atoms with Gasteiger partial charge in [0.1, 0.15) is 11.3 Å². The predicted molar refractivity (Wildman–Crippen MR) is 118 cm³/mol. The van der Waals surface area contributed by atoms with Gasteiger partial charge in [0, 0.05) is 17.0 Å². The molecule has 0 unspecified atom stereocenters. The number of hydrogen-bond donors (Lipinski definition) is 0. The minimum absolute atomic E-state index is 0.222. The number of esters is 2. The van der Waals surface area contributed by atoms with Crippen LogP contribution in [0.5, 0.6) is 17.2 Å². The second-order valence-electron chi connectivity index (χ2n) is 6.55. The lowest BCUT2D eigenvalue weighted by molar-refractivity contribution is -0.137. The molecule has 168 valence electrons. The largest absolute Gasteiger partial charge is 0.493 e. The third kappa shape index (κ3) is 4.39. The summed E-state index contributed by atoms with van der Waals surface area (Å²) in [6, 6.07) is 8.58. The van der Waals surface area contributed by atoms with E-state index in [1.807, 2.05) is 0 Å². The van der Waals surface area contributed by atoms with Crippen molar-refractivity contribution in [3.05, 3.63) is 47.5 Å². The summed E-state index contributed by atoms with van der Waals surface area (Å²) in [5.41, 5.74) is 1.79. The molecule has 32 heavy (non-hydrogen) atoms. The van der Waals surface area contributed by atoms with Crippen molar-refractivity contribution in [1.82, 2.24) is 0 Å². The van der Waals surface area contributed by atoms with Gasteiger partial charge in [-0.05, 0) is 48.9 Å². The van der Waals surface area contributed by atoms with E-state index >= 15 is 0 Å². The van der Waals surface area contributed by atoms with E-state index in [4.69, 9.17) is 28.1 Å². The van der Waals surface area contributed by atoms with Crippen LogP contribution < -0.4 is 14.2 Å². The van der Waals surface area contributed by atoms with Crippen LogP contribution in [0.3, 0.4) is 0 Å². The zero-order chi connectivity index (χ0) is 23.3. The molecule has 1 aromatic heterocycles. The van der Waals surface area contributed by atoms with E-state index in [0.717, 1.165) is 0 Å². The van der Waals surface area contributed by atoms with Gasteiger partial charge in [-0.1, -0.05) is 0 Å². The maximum Gasteiger partial charge on any atom is 0.342 e. The van der Waals surface area contributed by atoms with E-state index < -0.39 is 11.9 Å². The van der Waals surface area contributed by atoms with Gasteiger partial charge < -0.3 is 28.1 Å². The van der Waals surface area contributed by atoms with Crippen LogP contribution >= 0.6 is 0 Å². The monoisotopic (exact) mass is 440 g/mol. The number of rotatable bonds is 8. The van der Waals surface area contributed by atoms with E-state index in [2.05, 4.69) is 0 Å². The van der Waals surface area contributed by atoms with Crippen molar-refractivity contribution < 1.29 is 37.7 Å². The van der Waals surface area contributed by atoms with Gasteiger partial charge in [-0.3, -0.25) is 0 Å². The molecule has 2 aromatic carbocycles. The Hall–Kier alpha value is -3.94. The molecule has 0 aliphatic rings. The highest BCUT2D eigenvalue weighted by atomic mass is 16.5. The Balaban J connectivity index is 2.24. The second-order valence-corrected chi connectivity index (χ2v) is 6.55. The molecule has 0 aliphatic heterocycles. The number of carbonyl (C=O) groups excluding carboxylic acids is 2. The number of furan rings is 1. The maximum absolute atomic E-state index is 12.8. The van der Waals surface area contributed by atoms with Crippen molar-refractivity contribution in [2.45, 2.75) is 6.92 Å². The first-order valence-electron chi connectivity index (χ1n) is 9.77. The molecule has 0 amide bonds. The lowest BCUT2D eigenvalue weighted by Gasteiger charge is -2.09. The summed E-state index contributed by atoms with van der Waals surface area (Å²) < 4.78 is 32.2. The average Bonchev–Trinajstić information content (AvgIpc) is 3.20. The molecule has 0 atom stereocenters. The fourth-order valence-corrected chi connectivity index (χ4v) is 3.28. The van der Waals surface area contributed by atoms with E-state index in [1.165, 1.54) is 34.5 Å². The van der Waals surface area contributed by atoms with E-state index in [-0.39, 0.29) is 17.9 Å². The maximum atomic E-state index is 12.8. The molecule has 0 saturated heterocycles. The Labute approximate surface area is 185 Å². The molecule has 0 saturated carbocycles. The minimum atomic E-state index is -0.581. The van der Waals surface area contributed by atoms with Crippen LogP contribution in [0.1, 0.15) is 22.8 Å². The molecule has 0 N–H and O–H groups in total. The third-order valence-electron chi connectivity index (χ3n) is 4.73. The van der Waals surface area contributed by atoms with Crippen molar-refractivity contribution in [3.8, 4) is 28.6 Å². The number of methoxy groups -OCH3 is 4. The molecule has 0 aliphatic carbocycles. The molecule has 8 heteroatoms. The van der Waals surface area contributed by atoms with Crippen molar-refractivity contribution >= 4 is 29.0 Å². The first-order valence-corrected chi connectivity index (χ1v) is 9.77. The number of hydrogen-bond acceptors (Lipinski definition) is 8. The fraction of sp³-hybridized carbons (Fsp3) is 0.250. The normalized spacial score (nSPS) is 10.9. The summed E-state index contributed by atoms with van der Waals surface area (Å²) in [6.07, 6.45) is 2.88. The molecule has 0 fully saturated rings. The first kappa shape index (κ1) is 22.7. The highest BCUT2D eigenvalue weighted by Crippen LogP contribution is 2.41. The van der Waals surface area contributed by atoms with Gasteiger partial charge in [-0.25, -0.2) is 9.59 Å². The van der Waals surface area contributed by atoms with Crippen LogP contribution in [0, 0.1) is 0 Å². The van der Waals surface area contributed by atoms with Crippen molar-refractivity contribution in [2.24, 2.45) is 0 Å². The van der Waals surface area contributed by atoms with Gasteiger partial charge >= 0.3 is 11.9 Å². The summed E-state index contributed by atoms with van der Waals surface area (Å²) in [6.45, 7) is 2.00. The Kier molecular flexibility index (Phi) is 7.04. The standard InChI is InChI=1S/C24H24O8/c1-6-31-20(25)10-7-14-11-16-21(24(26)30-5)22(32-23(16)19(12-14)29-4)15-8-9-17(27-2)18(13-15)28-3/h7-13H,6H2,1-5H3/b10-7+. The minimum Gasteiger partial charge on any atom is -0.493 e. The molecule has 0 bridgehead atoms. The van der Waals surface area contributed by atoms with Crippen LogP contribution in [0.2, 0.25) is 0 Å². The smallest absolute Gasteiger partial charge is 0.342 e. The van der Waals surface area contributed by atoms with Gasteiger partial charge in [0.25, 0.3) is 0 Å². The van der Waals surface area contributed by atoms with Gasteiger partial charge in [-0.15, -0.1) is 0 Å². The van der Waals surface area contributed by atoms with Crippen molar-refractivity contribution in [3.63, 3.8) is 0 Å². The summed E-state index contributed by atoms with van der Waals surface area (Å²) >= 11 is 0.